The number of thiazole rings is 1. The van der Waals surface area contributed by atoms with Crippen molar-refractivity contribution in [3.63, 3.8) is 0 Å². The Labute approximate surface area is 149 Å². The van der Waals surface area contributed by atoms with Gasteiger partial charge in [0, 0.05) is 6.42 Å². The van der Waals surface area contributed by atoms with E-state index in [0.717, 1.165) is 16.9 Å². The number of fused-ring (bicyclic) bond motifs is 1. The molecular weight excluding hydrogens is 336 g/mol. The fourth-order valence-corrected chi connectivity index (χ4v) is 4.15. The molecule has 0 saturated carbocycles. The van der Waals surface area contributed by atoms with E-state index >= 15 is 0 Å². The van der Waals surface area contributed by atoms with Crippen molar-refractivity contribution in [1.82, 2.24) is 10.3 Å². The van der Waals surface area contributed by atoms with Gasteiger partial charge >= 0.3 is 0 Å². The number of aryl methyl sites for hydroxylation is 2. The molecule has 3 aromatic rings. The maximum atomic E-state index is 12.7. The Hall–Kier alpha value is -2.44. The Morgan fingerprint density at radius 1 is 1.28 bits per heavy atom. The molecule has 0 radical (unpaired) electrons. The minimum Gasteiger partial charge on any atom is -0.459 e. The number of benzene rings is 1. The average Bonchev–Trinajstić information content (AvgIpc) is 3.26. The standard InChI is InChI=1S/C19H18N2O3S/c1-10-7-8-15(24-10)19-20-11(2)17(25-19)18(23)21-16-13-6-4-3-5-12(13)9-14(16)22/h3-8,14,16,22H,9H2,1-2H3,(H,21,23)/t14-,16+/m0/s1. The van der Waals surface area contributed by atoms with Gasteiger partial charge in [0.1, 0.15) is 10.6 Å². The summed E-state index contributed by atoms with van der Waals surface area (Å²) in [4.78, 5) is 17.7. The lowest BCUT2D eigenvalue weighted by Crippen LogP contribution is -2.33. The quantitative estimate of drug-likeness (QED) is 0.756. The van der Waals surface area contributed by atoms with E-state index in [0.29, 0.717) is 27.8 Å². The van der Waals surface area contributed by atoms with Crippen molar-refractivity contribution in [2.75, 3.05) is 0 Å². The van der Waals surface area contributed by atoms with Crippen LogP contribution in [0.1, 0.15) is 38.3 Å². The average molecular weight is 354 g/mol. The summed E-state index contributed by atoms with van der Waals surface area (Å²) in [5.74, 6) is 1.25. The summed E-state index contributed by atoms with van der Waals surface area (Å²) in [7, 11) is 0. The van der Waals surface area contributed by atoms with E-state index < -0.39 is 6.10 Å². The molecule has 0 spiro atoms. The van der Waals surface area contributed by atoms with E-state index in [-0.39, 0.29) is 11.9 Å². The minimum atomic E-state index is -0.609. The molecule has 2 heterocycles. The second kappa shape index (κ2) is 6.13. The first-order valence-electron chi connectivity index (χ1n) is 8.14. The molecular formula is C19H18N2O3S. The fourth-order valence-electron chi connectivity index (χ4n) is 3.22. The zero-order valence-corrected chi connectivity index (χ0v) is 14.8. The van der Waals surface area contributed by atoms with Crippen molar-refractivity contribution in [2.45, 2.75) is 32.4 Å². The van der Waals surface area contributed by atoms with Crippen LogP contribution in [0, 0.1) is 13.8 Å². The van der Waals surface area contributed by atoms with Crippen LogP contribution in [0.2, 0.25) is 0 Å². The summed E-state index contributed by atoms with van der Waals surface area (Å²) in [6.07, 6.45) is -0.0542. The van der Waals surface area contributed by atoms with Crippen molar-refractivity contribution in [3.8, 4) is 10.8 Å². The summed E-state index contributed by atoms with van der Waals surface area (Å²) in [5.41, 5.74) is 2.72. The summed E-state index contributed by atoms with van der Waals surface area (Å²) < 4.78 is 5.59. The molecule has 25 heavy (non-hydrogen) atoms. The lowest BCUT2D eigenvalue weighted by molar-refractivity contribution is 0.0861. The third-order valence-corrected chi connectivity index (χ3v) is 5.62. The van der Waals surface area contributed by atoms with Crippen molar-refractivity contribution in [3.05, 3.63) is 63.9 Å². The van der Waals surface area contributed by atoms with Crippen molar-refractivity contribution < 1.29 is 14.3 Å². The first-order valence-corrected chi connectivity index (χ1v) is 8.95. The van der Waals surface area contributed by atoms with Crippen molar-refractivity contribution in [2.24, 2.45) is 0 Å². The zero-order valence-electron chi connectivity index (χ0n) is 13.9. The first-order chi connectivity index (χ1) is 12.0. The largest absolute Gasteiger partial charge is 0.459 e. The number of aromatic nitrogens is 1. The summed E-state index contributed by atoms with van der Waals surface area (Å²) in [6.45, 7) is 3.68. The van der Waals surface area contributed by atoms with Gasteiger partial charge in [-0.05, 0) is 37.1 Å². The number of rotatable bonds is 3. The van der Waals surface area contributed by atoms with Crippen LogP contribution in [-0.2, 0) is 6.42 Å². The fraction of sp³-hybridized carbons (Fsp3) is 0.263. The summed E-state index contributed by atoms with van der Waals surface area (Å²) in [6, 6.07) is 11.1. The van der Waals surface area contributed by atoms with Crippen LogP contribution < -0.4 is 5.32 Å². The molecule has 2 atom stereocenters. The third kappa shape index (κ3) is 2.88. The van der Waals surface area contributed by atoms with E-state index in [1.165, 1.54) is 11.3 Å². The number of nitrogens with one attached hydrogen (secondary N) is 1. The highest BCUT2D eigenvalue weighted by Gasteiger charge is 2.33. The van der Waals surface area contributed by atoms with Crippen LogP contribution in [-0.4, -0.2) is 22.1 Å². The molecule has 128 valence electrons. The van der Waals surface area contributed by atoms with Crippen LogP contribution in [0.3, 0.4) is 0 Å². The zero-order chi connectivity index (χ0) is 17.6. The number of hydrogen-bond donors (Lipinski definition) is 2. The predicted molar refractivity (Wildman–Crippen MR) is 95.7 cm³/mol. The Kier molecular flexibility index (Phi) is 3.94. The molecule has 5 nitrogen and oxygen atoms in total. The lowest BCUT2D eigenvalue weighted by Gasteiger charge is -2.17. The van der Waals surface area contributed by atoms with Gasteiger partial charge in [-0.2, -0.15) is 0 Å². The van der Waals surface area contributed by atoms with Crippen molar-refractivity contribution in [1.29, 1.82) is 0 Å². The van der Waals surface area contributed by atoms with E-state index in [4.69, 9.17) is 4.42 Å². The number of amides is 1. The molecule has 0 unspecified atom stereocenters. The van der Waals surface area contributed by atoms with Crippen LogP contribution in [0.15, 0.2) is 40.8 Å². The molecule has 1 amide bonds. The molecule has 0 aliphatic heterocycles. The van der Waals surface area contributed by atoms with Crippen LogP contribution >= 0.6 is 11.3 Å². The van der Waals surface area contributed by atoms with Crippen LogP contribution in [0.25, 0.3) is 10.8 Å². The Morgan fingerprint density at radius 3 is 2.84 bits per heavy atom. The molecule has 1 aromatic carbocycles. The van der Waals surface area contributed by atoms with Gasteiger partial charge in [0.2, 0.25) is 0 Å². The molecule has 2 aromatic heterocycles. The Bertz CT molecular complexity index is 944. The van der Waals surface area contributed by atoms with Gasteiger partial charge in [-0.15, -0.1) is 11.3 Å². The number of furan rings is 1. The second-order valence-electron chi connectivity index (χ2n) is 6.27. The Balaban J connectivity index is 1.59. The maximum absolute atomic E-state index is 12.7. The van der Waals surface area contributed by atoms with E-state index in [2.05, 4.69) is 10.3 Å². The number of aliphatic hydroxyl groups excluding tert-OH is 1. The number of carbonyl (C=O) groups is 1. The van der Waals surface area contributed by atoms with E-state index in [1.807, 2.05) is 50.2 Å². The highest BCUT2D eigenvalue weighted by molar-refractivity contribution is 7.17. The smallest absolute Gasteiger partial charge is 0.263 e. The highest BCUT2D eigenvalue weighted by Crippen LogP contribution is 2.33. The molecule has 2 N–H and O–H groups in total. The molecule has 6 heteroatoms. The molecule has 0 saturated heterocycles. The minimum absolute atomic E-state index is 0.217. The second-order valence-corrected chi connectivity index (χ2v) is 7.26. The first kappa shape index (κ1) is 16.1. The van der Waals surface area contributed by atoms with Gasteiger partial charge in [-0.3, -0.25) is 4.79 Å². The SMILES string of the molecule is Cc1ccc(-c2nc(C)c(C(=O)N[C@@H]3c4ccccc4C[C@@H]3O)s2)o1. The summed E-state index contributed by atoms with van der Waals surface area (Å²) >= 11 is 1.30. The Morgan fingerprint density at radius 2 is 2.08 bits per heavy atom. The van der Waals surface area contributed by atoms with Crippen LogP contribution in [0.4, 0.5) is 0 Å². The predicted octanol–water partition coefficient (Wildman–Crippen LogP) is 3.41. The molecule has 4 rings (SSSR count). The maximum Gasteiger partial charge on any atom is 0.263 e. The molecule has 0 fully saturated rings. The summed E-state index contributed by atoms with van der Waals surface area (Å²) in [5, 5.41) is 14.0. The van der Waals surface area contributed by atoms with Gasteiger partial charge in [-0.25, -0.2) is 4.98 Å². The lowest BCUT2D eigenvalue weighted by atomic mass is 10.1. The number of nitrogens with zero attached hydrogens (tertiary/aromatic N) is 1. The monoisotopic (exact) mass is 354 g/mol. The number of carbonyl (C=O) groups excluding carboxylic acids is 1. The third-order valence-electron chi connectivity index (χ3n) is 4.44. The molecule has 1 aliphatic carbocycles. The van der Waals surface area contributed by atoms with E-state index in [9.17, 15) is 9.90 Å². The molecule has 0 bridgehead atoms. The topological polar surface area (TPSA) is 75.4 Å². The number of hydrogen-bond acceptors (Lipinski definition) is 5. The van der Waals surface area contributed by atoms with Gasteiger partial charge < -0.3 is 14.8 Å². The van der Waals surface area contributed by atoms with Crippen LogP contribution in [0.5, 0.6) is 0 Å². The van der Waals surface area contributed by atoms with Gasteiger partial charge in [0.15, 0.2) is 10.8 Å². The molecule has 1 aliphatic rings. The van der Waals surface area contributed by atoms with Gasteiger partial charge in [0.05, 0.1) is 17.8 Å². The van der Waals surface area contributed by atoms with E-state index in [1.54, 1.807) is 0 Å². The van der Waals surface area contributed by atoms with Crippen molar-refractivity contribution >= 4 is 17.2 Å². The normalized spacial score (nSPS) is 19.0. The number of aliphatic hydroxyl groups is 1. The van der Waals surface area contributed by atoms with Gasteiger partial charge in [0.25, 0.3) is 5.91 Å². The highest BCUT2D eigenvalue weighted by atomic mass is 32.1. The van der Waals surface area contributed by atoms with Gasteiger partial charge in [-0.1, -0.05) is 24.3 Å².